The van der Waals surface area contributed by atoms with Gasteiger partial charge >= 0.3 is 0 Å². The molecule has 3 nitrogen and oxygen atoms in total. The van der Waals surface area contributed by atoms with E-state index in [9.17, 15) is 4.79 Å². The maximum absolute atomic E-state index is 10.6. The first kappa shape index (κ1) is 5.56. The molecule has 0 heterocycles. The molecule has 46 valence electrons. The number of carbonyl (C=O) groups excluding carboxylic acids is 1. The predicted octanol–water partition coefficient (Wildman–Crippen LogP) is -1.15. The van der Waals surface area contributed by atoms with Crippen molar-refractivity contribution in [2.45, 2.75) is 12.5 Å². The average Bonchev–Trinajstić information content (AvgIpc) is 2.45. The number of rotatable bonds is 1. The van der Waals surface area contributed by atoms with Crippen LogP contribution in [-0.4, -0.2) is 24.2 Å². The Labute approximate surface area is 47.7 Å². The molecule has 2 atom stereocenters. The summed E-state index contributed by atoms with van der Waals surface area (Å²) in [4.78, 5) is 10.6. The monoisotopic (exact) mass is 116 g/mol. The van der Waals surface area contributed by atoms with Crippen LogP contribution in [-0.2, 0) is 4.79 Å². The van der Waals surface area contributed by atoms with Crippen LogP contribution in [0.25, 0.3) is 0 Å². The quantitative estimate of drug-likeness (QED) is 0.432. The van der Waals surface area contributed by atoms with Crippen LogP contribution >= 0.6 is 0 Å². The molecule has 1 rings (SSSR count). The van der Waals surface area contributed by atoms with Crippen LogP contribution in [0.1, 0.15) is 6.42 Å². The molecule has 0 saturated heterocycles. The van der Waals surface area contributed by atoms with Crippen LogP contribution in [0.2, 0.25) is 0 Å². The van der Waals surface area contributed by atoms with Gasteiger partial charge in [0, 0.05) is 13.5 Å². The van der Waals surface area contributed by atoms with Crippen molar-refractivity contribution in [1.29, 1.82) is 0 Å². The standard InChI is InChI=1S/C5H9NO2/c1-6-5(8)3-2-4(3)7/h3-4,7H,2H2,1H3,(H,6,8)/p+1. The van der Waals surface area contributed by atoms with E-state index in [4.69, 9.17) is 5.11 Å². The van der Waals surface area contributed by atoms with Crippen molar-refractivity contribution in [3.8, 4) is 0 Å². The van der Waals surface area contributed by atoms with Crippen LogP contribution in [0.3, 0.4) is 0 Å². The first-order valence-electron chi connectivity index (χ1n) is 2.68. The lowest BCUT2D eigenvalue weighted by Gasteiger charge is -1.89. The predicted molar refractivity (Wildman–Crippen MR) is 29.6 cm³/mol. The smallest absolute Gasteiger partial charge is 0.231 e. The highest BCUT2D eigenvalue weighted by Crippen LogP contribution is 2.29. The lowest BCUT2D eigenvalue weighted by atomic mass is 10.4. The Bertz CT molecular complexity index is 113. The molecular weight excluding hydrogens is 106 g/mol. The Balaban J connectivity index is 2.28. The molecule has 1 aliphatic rings. The van der Waals surface area contributed by atoms with Crippen molar-refractivity contribution in [1.82, 2.24) is 5.32 Å². The summed E-state index contributed by atoms with van der Waals surface area (Å²) < 4.78 is 0. The van der Waals surface area contributed by atoms with Gasteiger partial charge in [0.1, 0.15) is 5.92 Å². The van der Waals surface area contributed by atoms with E-state index < -0.39 is 0 Å². The summed E-state index contributed by atoms with van der Waals surface area (Å²) in [5.74, 6) is 0.0185. The van der Waals surface area contributed by atoms with E-state index in [0.717, 1.165) is 6.42 Å². The molecule has 3 heteroatoms. The molecule has 2 unspecified atom stereocenters. The number of nitrogens with one attached hydrogen (secondary N) is 1. The van der Waals surface area contributed by atoms with Gasteiger partial charge in [-0.1, -0.05) is 0 Å². The lowest BCUT2D eigenvalue weighted by molar-refractivity contribution is -0.122. The summed E-state index contributed by atoms with van der Waals surface area (Å²) in [6, 6.07) is 0. The lowest BCUT2D eigenvalue weighted by Crippen LogP contribution is -2.21. The van der Waals surface area contributed by atoms with E-state index >= 15 is 0 Å². The molecule has 0 bridgehead atoms. The second kappa shape index (κ2) is 1.74. The molecule has 0 aromatic heterocycles. The zero-order chi connectivity index (χ0) is 6.15. The molecule has 0 aliphatic heterocycles. The second-order valence-electron chi connectivity index (χ2n) is 2.06. The number of hydrogen-bond acceptors (Lipinski definition) is 1. The fourth-order valence-corrected chi connectivity index (χ4v) is 0.670. The molecule has 8 heavy (non-hydrogen) atoms. The van der Waals surface area contributed by atoms with Gasteiger partial charge < -0.3 is 10.4 Å². The fourth-order valence-electron chi connectivity index (χ4n) is 0.670. The third-order valence-electron chi connectivity index (χ3n) is 1.37. The highest BCUT2D eigenvalue weighted by Gasteiger charge is 2.46. The summed E-state index contributed by atoms with van der Waals surface area (Å²) in [7, 11) is 1.60. The van der Waals surface area contributed by atoms with E-state index in [1.807, 2.05) is 0 Å². The van der Waals surface area contributed by atoms with Gasteiger partial charge in [-0.25, -0.2) is 0 Å². The summed E-state index contributed by atoms with van der Waals surface area (Å²) in [5.41, 5.74) is 0. The van der Waals surface area contributed by atoms with Crippen molar-refractivity contribution >= 4 is 5.91 Å². The first-order valence-corrected chi connectivity index (χ1v) is 2.68. The zero-order valence-corrected chi connectivity index (χ0v) is 4.77. The molecule has 0 spiro atoms. The minimum Gasteiger partial charge on any atom is -0.443 e. The van der Waals surface area contributed by atoms with Gasteiger partial charge in [-0.15, -0.1) is 0 Å². The van der Waals surface area contributed by atoms with Crippen LogP contribution in [0.4, 0.5) is 0 Å². The van der Waals surface area contributed by atoms with Gasteiger partial charge in [-0.05, 0) is 0 Å². The molecule has 0 aromatic carbocycles. The van der Waals surface area contributed by atoms with E-state index in [0.29, 0.717) is 0 Å². The zero-order valence-electron chi connectivity index (χ0n) is 4.77. The molecule has 1 amide bonds. The molecule has 1 aliphatic carbocycles. The molecule has 0 aromatic rings. The maximum atomic E-state index is 10.6. The largest absolute Gasteiger partial charge is 0.443 e. The summed E-state index contributed by atoms with van der Waals surface area (Å²) in [6.07, 6.45) is 0.634. The topological polar surface area (TPSA) is 52.0 Å². The first-order chi connectivity index (χ1) is 3.75. The number of amides is 1. The van der Waals surface area contributed by atoms with E-state index in [2.05, 4.69) is 5.32 Å². The minimum atomic E-state index is -0.116. The van der Waals surface area contributed by atoms with Crippen molar-refractivity contribution in [2.24, 2.45) is 5.92 Å². The molecule has 3 N–H and O–H groups in total. The highest BCUT2D eigenvalue weighted by molar-refractivity contribution is 5.81. The normalized spacial score (nSPS) is 34.2. The van der Waals surface area contributed by atoms with E-state index in [1.165, 1.54) is 0 Å². The summed E-state index contributed by atoms with van der Waals surface area (Å²) in [6.45, 7) is 0. The fraction of sp³-hybridized carbons (Fsp3) is 0.800. The Morgan fingerprint density at radius 1 is 1.88 bits per heavy atom. The van der Waals surface area contributed by atoms with Crippen molar-refractivity contribution < 1.29 is 9.90 Å². The molecule has 1 fully saturated rings. The Morgan fingerprint density at radius 3 is 2.50 bits per heavy atom. The minimum absolute atomic E-state index is 0.000000000000000222. The second-order valence-corrected chi connectivity index (χ2v) is 2.06. The van der Waals surface area contributed by atoms with Gasteiger partial charge in [-0.2, -0.15) is 0 Å². The molecule has 1 saturated carbocycles. The van der Waals surface area contributed by atoms with E-state index in [-0.39, 0.29) is 17.9 Å². The average molecular weight is 116 g/mol. The van der Waals surface area contributed by atoms with Gasteiger partial charge in [0.15, 0.2) is 6.10 Å². The Morgan fingerprint density at radius 2 is 2.38 bits per heavy atom. The van der Waals surface area contributed by atoms with E-state index in [1.54, 1.807) is 7.05 Å². The maximum Gasteiger partial charge on any atom is 0.231 e. The van der Waals surface area contributed by atoms with Crippen LogP contribution in [0.5, 0.6) is 0 Å². The highest BCUT2D eigenvalue weighted by atomic mass is 16.3. The van der Waals surface area contributed by atoms with Crippen molar-refractivity contribution in [3.05, 3.63) is 0 Å². The Kier molecular flexibility index (Phi) is 1.21. The van der Waals surface area contributed by atoms with Gasteiger partial charge in [0.2, 0.25) is 5.91 Å². The third kappa shape index (κ3) is 0.816. The van der Waals surface area contributed by atoms with Crippen molar-refractivity contribution in [3.63, 3.8) is 0 Å². The van der Waals surface area contributed by atoms with Gasteiger partial charge in [-0.3, -0.25) is 4.79 Å². The van der Waals surface area contributed by atoms with Crippen LogP contribution in [0.15, 0.2) is 0 Å². The van der Waals surface area contributed by atoms with Crippen LogP contribution in [0, 0.1) is 5.92 Å². The van der Waals surface area contributed by atoms with Crippen LogP contribution < -0.4 is 5.32 Å². The van der Waals surface area contributed by atoms with Gasteiger partial charge in [0.25, 0.3) is 0 Å². The summed E-state index contributed by atoms with van der Waals surface area (Å²) in [5, 5.41) is 9.52. The molecular formula is C5H10NO2+. The van der Waals surface area contributed by atoms with Gasteiger partial charge in [0.05, 0.1) is 0 Å². The van der Waals surface area contributed by atoms with Crippen molar-refractivity contribution in [2.75, 3.05) is 7.05 Å². The Hall–Kier alpha value is -0.570. The SMILES string of the molecule is CNC(=O)C1CC1[OH2+]. The number of hydrogen-bond donors (Lipinski definition) is 1. The summed E-state index contributed by atoms with van der Waals surface area (Å²) >= 11 is 0. The molecule has 0 radical (unpaired) electrons. The number of carbonyl (C=O) groups is 1. The third-order valence-corrected chi connectivity index (χ3v) is 1.37.